The van der Waals surface area contributed by atoms with E-state index in [0.29, 0.717) is 10.6 Å². The molecular weight excluding hydrogens is 779 g/mol. The van der Waals surface area contributed by atoms with Crippen molar-refractivity contribution in [1.82, 2.24) is 24.5 Å². The highest BCUT2D eigenvalue weighted by atomic mass is 35.5. The summed E-state index contributed by atoms with van der Waals surface area (Å²) in [6.45, 7) is 11.2. The molecule has 0 bridgehead atoms. The Morgan fingerprint density at radius 2 is 1.56 bits per heavy atom. The maximum Gasteiger partial charge on any atom is 0.425 e. The van der Waals surface area contributed by atoms with E-state index in [2.05, 4.69) is 19.9 Å². The number of imidazole rings is 1. The number of amides is 2. The van der Waals surface area contributed by atoms with Crippen LogP contribution < -0.4 is 4.90 Å². The first-order valence-electron chi connectivity index (χ1n) is 18.1. The summed E-state index contributed by atoms with van der Waals surface area (Å²) in [6.07, 6.45) is -4.72. The number of ether oxygens (including phenoxy) is 5. The number of anilines is 1. The predicted octanol–water partition coefficient (Wildman–Crippen LogP) is 8.48. The number of esters is 1. The summed E-state index contributed by atoms with van der Waals surface area (Å²) >= 11 is 7.67. The third kappa shape index (κ3) is 9.09. The number of imide groups is 1. The molecule has 0 N–H and O–H groups in total. The minimum atomic E-state index is -1.69. The van der Waals surface area contributed by atoms with Gasteiger partial charge in [-0.05, 0) is 69.8 Å². The van der Waals surface area contributed by atoms with Crippen molar-refractivity contribution in [2.75, 3.05) is 18.6 Å². The Hall–Kier alpha value is -5.03. The Morgan fingerprint density at radius 3 is 2.14 bits per heavy atom. The fourth-order valence-electron chi connectivity index (χ4n) is 6.32. The van der Waals surface area contributed by atoms with Crippen molar-refractivity contribution >= 4 is 58.1 Å². The van der Waals surface area contributed by atoms with E-state index in [1.807, 2.05) is 54.6 Å². The number of aromatic nitrogens is 5. The Balaban J connectivity index is 1.30. The number of carbonyl (C=O) groups is 3. The van der Waals surface area contributed by atoms with Crippen LogP contribution in [-0.2, 0) is 40.5 Å². The van der Waals surface area contributed by atoms with Crippen molar-refractivity contribution in [3.8, 4) is 11.1 Å². The number of benzene rings is 2. The predicted molar refractivity (Wildman–Crippen MR) is 211 cm³/mol. The van der Waals surface area contributed by atoms with E-state index in [1.54, 1.807) is 59.4 Å². The van der Waals surface area contributed by atoms with E-state index in [0.717, 1.165) is 16.7 Å². The fourth-order valence-corrected chi connectivity index (χ4v) is 7.09. The van der Waals surface area contributed by atoms with Gasteiger partial charge in [0.15, 0.2) is 29.4 Å². The Morgan fingerprint density at radius 1 is 0.930 bits per heavy atom. The topological polar surface area (TPSA) is 157 Å². The van der Waals surface area contributed by atoms with Crippen LogP contribution in [0.2, 0.25) is 5.28 Å². The average Bonchev–Trinajstić information content (AvgIpc) is 3.90. The maximum atomic E-state index is 16.4. The normalized spacial score (nSPS) is 19.5. The molecule has 1 aliphatic rings. The van der Waals surface area contributed by atoms with Crippen molar-refractivity contribution in [2.45, 2.75) is 90.2 Å². The Bertz CT molecular complexity index is 2180. The lowest BCUT2D eigenvalue weighted by atomic mass is 9.90. The van der Waals surface area contributed by atoms with Crippen LogP contribution in [0.25, 0.3) is 22.3 Å². The van der Waals surface area contributed by atoms with Crippen LogP contribution in [0.3, 0.4) is 0 Å². The van der Waals surface area contributed by atoms with E-state index < -0.39 is 59.4 Å². The summed E-state index contributed by atoms with van der Waals surface area (Å²) in [6, 6.07) is 17.6. The molecule has 1 fully saturated rings. The van der Waals surface area contributed by atoms with Crippen LogP contribution in [0.15, 0.2) is 71.8 Å². The van der Waals surface area contributed by atoms with E-state index in [9.17, 15) is 14.4 Å². The van der Waals surface area contributed by atoms with Crippen LogP contribution in [-0.4, -0.2) is 79.9 Å². The van der Waals surface area contributed by atoms with Gasteiger partial charge >= 0.3 is 18.2 Å². The summed E-state index contributed by atoms with van der Waals surface area (Å²) in [4.78, 5) is 58.5. The molecule has 0 radical (unpaired) electrons. The zero-order valence-corrected chi connectivity index (χ0v) is 34.3. The number of hydrogen-bond acceptors (Lipinski definition) is 13. The molecule has 3 aromatic heterocycles. The molecule has 0 aliphatic carbocycles. The number of rotatable bonds is 10. The first-order valence-corrected chi connectivity index (χ1v) is 19.4. The quantitative estimate of drug-likeness (QED) is 0.0753. The molecule has 6 rings (SSSR count). The number of carbonyl (C=O) groups excluding carboxylic acids is 3. The molecule has 17 heteroatoms. The largest absolute Gasteiger partial charge is 0.467 e. The minimum Gasteiger partial charge on any atom is -0.467 e. The van der Waals surface area contributed by atoms with E-state index in [4.69, 9.17) is 35.3 Å². The van der Waals surface area contributed by atoms with Crippen LogP contribution in [0.4, 0.5) is 19.8 Å². The molecule has 1 saturated heterocycles. The number of hydrogen-bond donors (Lipinski definition) is 0. The number of fused-ring (bicyclic) bond motifs is 1. The van der Waals surface area contributed by atoms with Gasteiger partial charge in [-0.25, -0.2) is 28.7 Å². The van der Waals surface area contributed by atoms with Gasteiger partial charge in [0.05, 0.1) is 37.4 Å². The van der Waals surface area contributed by atoms with E-state index in [1.165, 1.54) is 29.3 Å². The molecule has 57 heavy (non-hydrogen) atoms. The van der Waals surface area contributed by atoms with Gasteiger partial charge in [-0.2, -0.15) is 14.9 Å². The molecule has 0 spiro atoms. The molecule has 5 atom stereocenters. The van der Waals surface area contributed by atoms with Gasteiger partial charge < -0.3 is 23.7 Å². The second kappa shape index (κ2) is 16.4. The number of thiazole rings is 1. The van der Waals surface area contributed by atoms with Crippen molar-refractivity contribution in [3.63, 3.8) is 0 Å². The Labute approximate surface area is 338 Å². The third-order valence-electron chi connectivity index (χ3n) is 9.06. The standard InChI is InChI=1S/C40H44ClFN6O8S/c1-23-27(19-53-40(34(49)52-8,28-20-57-22-44-28)18-24-14-16-26(17-15-24)25-12-10-9-11-13-25)54-33(29(23)42)47-21-43-30-31(47)45-35(41)46-32(30)48(36(50)55-38(2,3)4)37(51)56-39(5,6)7/h9-17,20-23,27,29,33H,18-19H2,1-8H3/t23-,27-,29+,33-,40?/m1/s1. The summed E-state index contributed by atoms with van der Waals surface area (Å²) in [5, 5.41) is 1.34. The number of alkyl halides is 1. The number of methoxy groups -OCH3 is 1. The zero-order chi connectivity index (χ0) is 41.3. The van der Waals surface area contributed by atoms with Crippen LogP contribution in [0.5, 0.6) is 0 Å². The zero-order valence-electron chi connectivity index (χ0n) is 32.8. The van der Waals surface area contributed by atoms with Crippen LogP contribution in [0, 0.1) is 5.92 Å². The smallest absolute Gasteiger partial charge is 0.425 e. The molecule has 302 valence electrons. The highest BCUT2D eigenvalue weighted by molar-refractivity contribution is 7.07. The van der Waals surface area contributed by atoms with Gasteiger partial charge in [-0.3, -0.25) is 4.57 Å². The van der Waals surface area contributed by atoms with Gasteiger partial charge in [-0.1, -0.05) is 61.5 Å². The summed E-state index contributed by atoms with van der Waals surface area (Å²) in [5.74, 6) is -1.78. The van der Waals surface area contributed by atoms with E-state index in [-0.39, 0.29) is 35.3 Å². The third-order valence-corrected chi connectivity index (χ3v) is 9.81. The molecular formula is C40H44ClFN6O8S. The van der Waals surface area contributed by atoms with Crippen molar-refractivity contribution < 1.29 is 42.5 Å². The lowest BCUT2D eigenvalue weighted by molar-refractivity contribution is -0.179. The summed E-state index contributed by atoms with van der Waals surface area (Å²) in [7, 11) is 1.27. The molecule has 2 amide bonds. The monoisotopic (exact) mass is 822 g/mol. The molecule has 14 nitrogen and oxygen atoms in total. The SMILES string of the molecule is COC(=O)C(Cc1ccc(-c2ccccc2)cc1)(OC[C@H]1O[C@@H](n2cnc3c(N(C(=O)OC(C)(C)C)C(=O)OC(C)(C)C)nc(Cl)nc32)[C@@H](F)[C@@H]1C)c1cscn1. The van der Waals surface area contributed by atoms with Crippen molar-refractivity contribution in [2.24, 2.45) is 5.92 Å². The molecule has 5 aromatic rings. The maximum absolute atomic E-state index is 16.4. The molecule has 1 unspecified atom stereocenters. The van der Waals surface area contributed by atoms with Gasteiger partial charge in [0.2, 0.25) is 10.9 Å². The van der Waals surface area contributed by atoms with Gasteiger partial charge in [0.1, 0.15) is 11.2 Å². The summed E-state index contributed by atoms with van der Waals surface area (Å²) in [5.41, 5.74) is 0.936. The molecule has 4 heterocycles. The second-order valence-corrected chi connectivity index (χ2v) is 16.6. The van der Waals surface area contributed by atoms with Crippen LogP contribution in [0.1, 0.15) is 66.0 Å². The molecule has 1 aliphatic heterocycles. The van der Waals surface area contributed by atoms with Crippen LogP contribution >= 0.6 is 22.9 Å². The molecule has 0 saturated carbocycles. The van der Waals surface area contributed by atoms with Gasteiger partial charge in [0, 0.05) is 17.7 Å². The van der Waals surface area contributed by atoms with Gasteiger partial charge in [-0.15, -0.1) is 11.3 Å². The second-order valence-electron chi connectivity index (χ2n) is 15.5. The first kappa shape index (κ1) is 41.6. The van der Waals surface area contributed by atoms with Crippen molar-refractivity contribution in [1.29, 1.82) is 0 Å². The number of halogens is 2. The summed E-state index contributed by atoms with van der Waals surface area (Å²) < 4.78 is 46.8. The highest BCUT2D eigenvalue weighted by Gasteiger charge is 2.49. The van der Waals surface area contributed by atoms with Gasteiger partial charge in [0.25, 0.3) is 0 Å². The lowest BCUT2D eigenvalue weighted by Crippen LogP contribution is -2.44. The minimum absolute atomic E-state index is 0.0335. The van der Waals surface area contributed by atoms with E-state index >= 15 is 4.39 Å². The highest BCUT2D eigenvalue weighted by Crippen LogP contribution is 2.41. The fraction of sp³-hybridized carbons (Fsp3) is 0.425. The van der Waals surface area contributed by atoms with Crippen molar-refractivity contribution in [3.05, 3.63) is 88.4 Å². The average molecular weight is 823 g/mol. The lowest BCUT2D eigenvalue weighted by Gasteiger charge is -2.31. The first-order chi connectivity index (χ1) is 26.9. The molecule has 2 aromatic carbocycles. The Kier molecular flexibility index (Phi) is 12.0. The number of nitrogens with zero attached hydrogens (tertiary/aromatic N) is 6.